The lowest BCUT2D eigenvalue weighted by atomic mass is 9.86. The highest BCUT2D eigenvalue weighted by molar-refractivity contribution is 5.79. The zero-order chi connectivity index (χ0) is 28.1. The highest BCUT2D eigenvalue weighted by Crippen LogP contribution is 2.31. The number of aliphatic hydroxyl groups excluding tert-OH is 1. The first kappa shape index (κ1) is 28.2. The summed E-state index contributed by atoms with van der Waals surface area (Å²) in [5, 5.41) is 12.6. The maximum absolute atomic E-state index is 14.7. The minimum absolute atomic E-state index is 0.0626. The summed E-state index contributed by atoms with van der Waals surface area (Å²) in [6, 6.07) is 9.25. The number of nitrogens with zero attached hydrogens (tertiary/aromatic N) is 5. The first-order valence-corrected chi connectivity index (χ1v) is 13.9. The second-order valence-electron chi connectivity index (χ2n) is 10.3. The fourth-order valence-corrected chi connectivity index (χ4v) is 5.26. The molecule has 0 radical (unpaired) electrons. The van der Waals surface area contributed by atoms with Crippen LogP contribution in [0.2, 0.25) is 0 Å². The number of aliphatic hydroxyl groups is 1. The molecule has 3 aromatic rings. The Morgan fingerprint density at radius 3 is 2.65 bits per heavy atom. The van der Waals surface area contributed by atoms with Gasteiger partial charge in [0.15, 0.2) is 6.17 Å². The van der Waals surface area contributed by atoms with E-state index >= 15 is 0 Å². The van der Waals surface area contributed by atoms with Crippen molar-refractivity contribution in [2.24, 2.45) is 5.92 Å². The van der Waals surface area contributed by atoms with E-state index in [4.69, 9.17) is 24.2 Å². The number of methoxy groups -OCH3 is 1. The van der Waals surface area contributed by atoms with E-state index in [9.17, 15) is 14.3 Å². The van der Waals surface area contributed by atoms with Crippen molar-refractivity contribution in [3.8, 4) is 11.7 Å². The number of para-hydroxylation sites is 2. The van der Waals surface area contributed by atoms with Crippen LogP contribution in [-0.2, 0) is 14.3 Å². The van der Waals surface area contributed by atoms with Crippen molar-refractivity contribution in [2.45, 2.75) is 51.0 Å². The average Bonchev–Trinajstić information content (AvgIpc) is 3.37. The van der Waals surface area contributed by atoms with Gasteiger partial charge in [-0.25, -0.2) is 9.37 Å². The number of ether oxygens (including phenoxy) is 3. The fraction of sp³-hybridized carbons (Fsp3) is 0.571. The SMILES string of the molecule is COCC(O)CNC(=O)C1CCC(Oc2cc(-n3c(C(C)F)nc4ccccc43)nc(N3CCOCC3)n2)CC1. The molecule has 3 heterocycles. The summed E-state index contributed by atoms with van der Waals surface area (Å²) < 4.78 is 33.3. The smallest absolute Gasteiger partial charge is 0.230 e. The number of rotatable bonds is 10. The number of carbonyl (C=O) groups is 1. The molecular weight excluding hydrogens is 519 g/mol. The van der Waals surface area contributed by atoms with Crippen molar-refractivity contribution in [3.05, 3.63) is 36.2 Å². The first-order valence-electron chi connectivity index (χ1n) is 13.9. The fourth-order valence-electron chi connectivity index (χ4n) is 5.26. The van der Waals surface area contributed by atoms with Crippen molar-refractivity contribution in [1.82, 2.24) is 24.8 Å². The Kier molecular flexibility index (Phi) is 9.08. The van der Waals surface area contributed by atoms with Gasteiger partial charge in [0.25, 0.3) is 0 Å². The van der Waals surface area contributed by atoms with Gasteiger partial charge in [-0.3, -0.25) is 9.36 Å². The lowest BCUT2D eigenvalue weighted by molar-refractivity contribution is -0.127. The van der Waals surface area contributed by atoms with Gasteiger partial charge in [-0.2, -0.15) is 9.97 Å². The Labute approximate surface area is 232 Å². The quantitative estimate of drug-likeness (QED) is 0.388. The molecular formula is C28H37FN6O5. The standard InChI is InChI=1S/C28H37FN6O5/c1-18(29)26-31-22-5-3-4-6-23(22)35(26)24-15-25(33-28(32-24)34-11-13-39-14-12-34)40-21-9-7-19(8-10-21)27(37)30-16-20(36)17-38-2/h3-6,15,18-21,36H,7-14,16-17H2,1-2H3,(H,30,37). The Morgan fingerprint density at radius 2 is 1.93 bits per heavy atom. The molecule has 2 aliphatic rings. The summed E-state index contributed by atoms with van der Waals surface area (Å²) in [4.78, 5) is 28.7. The molecule has 12 heteroatoms. The summed E-state index contributed by atoms with van der Waals surface area (Å²) in [5.74, 6) is 1.45. The van der Waals surface area contributed by atoms with E-state index in [-0.39, 0.29) is 36.9 Å². The third-order valence-electron chi connectivity index (χ3n) is 7.35. The van der Waals surface area contributed by atoms with Gasteiger partial charge in [0.05, 0.1) is 37.0 Å². The van der Waals surface area contributed by atoms with E-state index < -0.39 is 12.3 Å². The molecule has 2 aromatic heterocycles. The molecule has 11 nitrogen and oxygen atoms in total. The van der Waals surface area contributed by atoms with Gasteiger partial charge < -0.3 is 29.5 Å². The van der Waals surface area contributed by atoms with Crippen LogP contribution in [0.1, 0.15) is 44.6 Å². The molecule has 0 bridgehead atoms. The number of benzene rings is 1. The third kappa shape index (κ3) is 6.51. The summed E-state index contributed by atoms with van der Waals surface area (Å²) >= 11 is 0. The van der Waals surface area contributed by atoms with Crippen molar-refractivity contribution in [3.63, 3.8) is 0 Å². The maximum atomic E-state index is 14.7. The van der Waals surface area contributed by atoms with E-state index in [1.807, 2.05) is 29.2 Å². The molecule has 1 saturated heterocycles. The van der Waals surface area contributed by atoms with Crippen LogP contribution < -0.4 is 15.0 Å². The van der Waals surface area contributed by atoms with E-state index in [1.165, 1.54) is 14.0 Å². The molecule has 1 saturated carbocycles. The molecule has 1 aliphatic heterocycles. The molecule has 0 spiro atoms. The largest absolute Gasteiger partial charge is 0.474 e. The van der Waals surface area contributed by atoms with Crippen LogP contribution in [0, 0.1) is 5.92 Å². The van der Waals surface area contributed by atoms with Crippen LogP contribution in [0.15, 0.2) is 30.3 Å². The lowest BCUT2D eigenvalue weighted by Gasteiger charge is -2.30. The number of carbonyl (C=O) groups excluding carboxylic acids is 1. The monoisotopic (exact) mass is 556 g/mol. The number of anilines is 1. The van der Waals surface area contributed by atoms with Gasteiger partial charge in [-0.15, -0.1) is 0 Å². The van der Waals surface area contributed by atoms with Gasteiger partial charge in [-0.1, -0.05) is 12.1 Å². The number of aromatic nitrogens is 4. The Morgan fingerprint density at radius 1 is 1.18 bits per heavy atom. The molecule has 2 unspecified atom stereocenters. The highest BCUT2D eigenvalue weighted by atomic mass is 19.1. The number of nitrogens with one attached hydrogen (secondary N) is 1. The molecule has 40 heavy (non-hydrogen) atoms. The van der Waals surface area contributed by atoms with E-state index in [0.717, 1.165) is 5.52 Å². The molecule has 1 aliphatic carbocycles. The highest BCUT2D eigenvalue weighted by Gasteiger charge is 2.29. The number of halogens is 1. The first-order chi connectivity index (χ1) is 19.4. The average molecular weight is 557 g/mol. The Bertz CT molecular complexity index is 1290. The number of imidazole rings is 1. The van der Waals surface area contributed by atoms with Crippen molar-refractivity contribution >= 4 is 22.9 Å². The topological polar surface area (TPSA) is 124 Å². The number of amides is 1. The van der Waals surface area contributed by atoms with Crippen LogP contribution in [0.25, 0.3) is 16.9 Å². The van der Waals surface area contributed by atoms with Crippen LogP contribution in [0.3, 0.4) is 0 Å². The van der Waals surface area contributed by atoms with Gasteiger partial charge >= 0.3 is 0 Å². The number of hydrogen-bond acceptors (Lipinski definition) is 9. The minimum Gasteiger partial charge on any atom is -0.474 e. The van der Waals surface area contributed by atoms with E-state index in [1.54, 1.807) is 10.6 Å². The summed E-state index contributed by atoms with van der Waals surface area (Å²) in [7, 11) is 1.51. The predicted octanol–water partition coefficient (Wildman–Crippen LogP) is 2.74. The van der Waals surface area contributed by atoms with Crippen molar-refractivity contribution < 1.29 is 28.5 Å². The summed E-state index contributed by atoms with van der Waals surface area (Å²) in [6.07, 6.45) is 0.548. The molecule has 2 fully saturated rings. The van der Waals surface area contributed by atoms with Crippen molar-refractivity contribution in [1.29, 1.82) is 0 Å². The van der Waals surface area contributed by atoms with Gasteiger partial charge in [0.2, 0.25) is 17.7 Å². The van der Waals surface area contributed by atoms with E-state index in [2.05, 4.69) is 10.3 Å². The van der Waals surface area contributed by atoms with E-state index in [0.29, 0.717) is 75.1 Å². The number of fused-ring (bicyclic) bond motifs is 1. The van der Waals surface area contributed by atoms with Crippen molar-refractivity contribution in [2.75, 3.05) is 51.5 Å². The minimum atomic E-state index is -1.31. The Hall–Kier alpha value is -3.35. The zero-order valence-electron chi connectivity index (χ0n) is 23.0. The zero-order valence-corrected chi connectivity index (χ0v) is 23.0. The van der Waals surface area contributed by atoms with Crippen LogP contribution in [-0.4, -0.2) is 89.3 Å². The summed E-state index contributed by atoms with van der Waals surface area (Å²) in [5.41, 5.74) is 1.43. The molecule has 5 rings (SSSR count). The number of alkyl halides is 1. The molecule has 216 valence electrons. The predicted molar refractivity (Wildman–Crippen MR) is 146 cm³/mol. The summed E-state index contributed by atoms with van der Waals surface area (Å²) in [6.45, 7) is 4.22. The number of morpholine rings is 1. The molecule has 2 atom stereocenters. The third-order valence-corrected chi connectivity index (χ3v) is 7.35. The second kappa shape index (κ2) is 12.9. The van der Waals surface area contributed by atoms with Crippen LogP contribution >= 0.6 is 0 Å². The van der Waals surface area contributed by atoms with Gasteiger partial charge in [0.1, 0.15) is 17.7 Å². The van der Waals surface area contributed by atoms with Crippen LogP contribution in [0.4, 0.5) is 10.3 Å². The Balaban J connectivity index is 1.36. The molecule has 2 N–H and O–H groups in total. The second-order valence-corrected chi connectivity index (χ2v) is 10.3. The van der Waals surface area contributed by atoms with Gasteiger partial charge in [-0.05, 0) is 44.7 Å². The normalized spacial score (nSPS) is 21.2. The maximum Gasteiger partial charge on any atom is 0.230 e. The van der Waals surface area contributed by atoms with Gasteiger partial charge in [0, 0.05) is 38.7 Å². The lowest BCUT2D eigenvalue weighted by Crippen LogP contribution is -2.40. The number of hydrogen-bond donors (Lipinski definition) is 2. The van der Waals surface area contributed by atoms with Crippen LogP contribution in [0.5, 0.6) is 5.88 Å². The molecule has 1 amide bonds. The molecule has 1 aromatic carbocycles.